The van der Waals surface area contributed by atoms with Crippen LogP contribution >= 0.6 is 0 Å². The Hall–Kier alpha value is -3.36. The first-order valence-electron chi connectivity index (χ1n) is 9.90. The minimum atomic E-state index is -0.320. The molecule has 1 fully saturated rings. The number of aromatic nitrogens is 1. The third kappa shape index (κ3) is 6.33. The molecule has 0 bridgehead atoms. The van der Waals surface area contributed by atoms with Crippen LogP contribution in [-0.2, 0) is 11.3 Å². The number of aliphatic imine (C=N–C) groups is 1. The summed E-state index contributed by atoms with van der Waals surface area (Å²) in [6.07, 6.45) is 2.96. The lowest BCUT2D eigenvalue weighted by molar-refractivity contribution is 0.0963. The number of pyridine rings is 1. The van der Waals surface area contributed by atoms with Crippen molar-refractivity contribution in [2.75, 3.05) is 19.7 Å². The average Bonchev–Trinajstić information content (AvgIpc) is 2.75. The predicted octanol–water partition coefficient (Wildman–Crippen LogP) is 3.04. The number of amides is 1. The predicted molar refractivity (Wildman–Crippen MR) is 111 cm³/mol. The Morgan fingerprint density at radius 3 is 2.63 bits per heavy atom. The highest BCUT2D eigenvalue weighted by Crippen LogP contribution is 2.19. The topological polar surface area (TPSA) is 102 Å². The monoisotopic (exact) mass is 415 g/mol. The molecular formula is C21H26FN5O3. The number of nitrogens with two attached hydrogens (primary N) is 1. The molecule has 0 saturated carbocycles. The summed E-state index contributed by atoms with van der Waals surface area (Å²) in [5.74, 6) is 0.960. The number of carbonyl (C=O) groups is 1. The van der Waals surface area contributed by atoms with E-state index in [0.717, 1.165) is 18.4 Å². The molecule has 2 aromatic rings. The largest absolute Gasteiger partial charge is 0.450 e. The average molecular weight is 415 g/mol. The second-order valence-corrected chi connectivity index (χ2v) is 6.87. The van der Waals surface area contributed by atoms with Crippen molar-refractivity contribution in [3.05, 3.63) is 54.0 Å². The van der Waals surface area contributed by atoms with Gasteiger partial charge in [0.15, 0.2) is 5.96 Å². The van der Waals surface area contributed by atoms with E-state index < -0.39 is 0 Å². The molecule has 1 amide bonds. The Bertz CT molecular complexity index is 850. The van der Waals surface area contributed by atoms with Crippen molar-refractivity contribution >= 4 is 12.1 Å². The van der Waals surface area contributed by atoms with E-state index >= 15 is 0 Å². The summed E-state index contributed by atoms with van der Waals surface area (Å²) >= 11 is 0. The molecule has 2 heterocycles. The Labute approximate surface area is 174 Å². The number of guanidine groups is 1. The molecule has 0 spiro atoms. The Morgan fingerprint density at radius 2 is 2.00 bits per heavy atom. The number of benzene rings is 1. The molecule has 0 atom stereocenters. The molecule has 30 heavy (non-hydrogen) atoms. The van der Waals surface area contributed by atoms with E-state index in [1.165, 1.54) is 12.1 Å². The van der Waals surface area contributed by atoms with Gasteiger partial charge in [-0.1, -0.05) is 6.07 Å². The highest BCUT2D eigenvalue weighted by atomic mass is 19.1. The third-order valence-electron chi connectivity index (χ3n) is 4.64. The van der Waals surface area contributed by atoms with Crippen LogP contribution in [0, 0.1) is 5.82 Å². The lowest BCUT2D eigenvalue weighted by Gasteiger charge is -2.31. The SMILES string of the molecule is CCOC(=O)N1CCC(NC(N)=NCc2ccc(Oc3ccc(F)cc3)nc2)CC1. The maximum atomic E-state index is 12.9. The van der Waals surface area contributed by atoms with E-state index in [0.29, 0.717) is 43.8 Å². The number of hydrogen-bond donors (Lipinski definition) is 2. The van der Waals surface area contributed by atoms with Gasteiger partial charge in [-0.2, -0.15) is 0 Å². The van der Waals surface area contributed by atoms with Gasteiger partial charge >= 0.3 is 6.09 Å². The molecule has 1 aromatic heterocycles. The molecule has 160 valence electrons. The van der Waals surface area contributed by atoms with Crippen LogP contribution in [0.1, 0.15) is 25.3 Å². The normalized spacial score (nSPS) is 15.0. The zero-order chi connectivity index (χ0) is 21.3. The van der Waals surface area contributed by atoms with Crippen LogP contribution in [0.15, 0.2) is 47.6 Å². The second kappa shape index (κ2) is 10.4. The van der Waals surface area contributed by atoms with Gasteiger partial charge in [-0.25, -0.2) is 19.2 Å². The van der Waals surface area contributed by atoms with Crippen LogP contribution < -0.4 is 15.8 Å². The van der Waals surface area contributed by atoms with Crippen LogP contribution in [0.3, 0.4) is 0 Å². The summed E-state index contributed by atoms with van der Waals surface area (Å²) in [6, 6.07) is 9.48. The molecule has 1 aliphatic rings. The van der Waals surface area contributed by atoms with Gasteiger partial charge in [-0.3, -0.25) is 0 Å². The van der Waals surface area contributed by atoms with Crippen molar-refractivity contribution in [3.8, 4) is 11.6 Å². The molecule has 1 aliphatic heterocycles. The number of ether oxygens (including phenoxy) is 2. The van der Waals surface area contributed by atoms with Crippen molar-refractivity contribution < 1.29 is 18.7 Å². The van der Waals surface area contributed by atoms with Gasteiger partial charge in [0.2, 0.25) is 5.88 Å². The molecule has 0 radical (unpaired) electrons. The summed E-state index contributed by atoms with van der Waals surface area (Å²) in [5.41, 5.74) is 6.87. The third-order valence-corrected chi connectivity index (χ3v) is 4.64. The number of halogens is 1. The van der Waals surface area contributed by atoms with Crippen LogP contribution in [0.25, 0.3) is 0 Å². The van der Waals surface area contributed by atoms with Crippen molar-refractivity contribution in [1.82, 2.24) is 15.2 Å². The van der Waals surface area contributed by atoms with E-state index in [1.807, 2.05) is 6.07 Å². The molecular weight excluding hydrogens is 389 g/mol. The van der Waals surface area contributed by atoms with Gasteiger partial charge in [0.05, 0.1) is 13.2 Å². The van der Waals surface area contributed by atoms with Gasteiger partial charge in [0.25, 0.3) is 0 Å². The maximum absolute atomic E-state index is 12.9. The first-order valence-corrected chi connectivity index (χ1v) is 9.90. The minimum absolute atomic E-state index is 0.170. The first-order chi connectivity index (χ1) is 14.5. The molecule has 3 rings (SSSR count). The summed E-state index contributed by atoms with van der Waals surface area (Å²) < 4.78 is 23.5. The number of rotatable bonds is 6. The Morgan fingerprint density at radius 1 is 1.27 bits per heavy atom. The summed E-state index contributed by atoms with van der Waals surface area (Å²) in [6.45, 7) is 3.81. The van der Waals surface area contributed by atoms with E-state index in [1.54, 1.807) is 36.2 Å². The van der Waals surface area contributed by atoms with Crippen molar-refractivity contribution in [2.45, 2.75) is 32.4 Å². The fraction of sp³-hybridized carbons (Fsp3) is 0.381. The van der Waals surface area contributed by atoms with Crippen LogP contribution in [0.2, 0.25) is 0 Å². The summed E-state index contributed by atoms with van der Waals surface area (Å²) in [4.78, 5) is 22.0. The number of hydrogen-bond acceptors (Lipinski definition) is 5. The lowest BCUT2D eigenvalue weighted by atomic mass is 10.1. The minimum Gasteiger partial charge on any atom is -0.450 e. The van der Waals surface area contributed by atoms with E-state index in [4.69, 9.17) is 15.2 Å². The van der Waals surface area contributed by atoms with Crippen LogP contribution in [0.4, 0.5) is 9.18 Å². The fourth-order valence-corrected chi connectivity index (χ4v) is 3.04. The highest BCUT2D eigenvalue weighted by Gasteiger charge is 2.23. The molecule has 1 aromatic carbocycles. The van der Waals surface area contributed by atoms with Gasteiger partial charge < -0.3 is 25.4 Å². The first kappa shape index (κ1) is 21.4. The zero-order valence-corrected chi connectivity index (χ0v) is 16.9. The van der Waals surface area contributed by atoms with Gasteiger partial charge in [-0.05, 0) is 49.6 Å². The Balaban J connectivity index is 1.44. The number of nitrogens with one attached hydrogen (secondary N) is 1. The zero-order valence-electron chi connectivity index (χ0n) is 16.9. The van der Waals surface area contributed by atoms with Crippen molar-refractivity contribution in [1.29, 1.82) is 0 Å². The van der Waals surface area contributed by atoms with Gasteiger partial charge in [0, 0.05) is 31.4 Å². The standard InChI is InChI=1S/C21H26FN5O3/c1-2-29-21(28)27-11-9-17(10-12-27)26-20(23)25-14-15-3-8-19(24-13-15)30-18-6-4-16(22)5-7-18/h3-8,13,17H,2,9-12,14H2,1H3,(H3,23,25,26). The number of piperidine rings is 1. The smallest absolute Gasteiger partial charge is 0.409 e. The number of carbonyl (C=O) groups excluding carboxylic acids is 1. The van der Waals surface area contributed by atoms with Crippen molar-refractivity contribution in [2.24, 2.45) is 10.7 Å². The van der Waals surface area contributed by atoms with E-state index in [2.05, 4.69) is 15.3 Å². The molecule has 1 saturated heterocycles. The maximum Gasteiger partial charge on any atom is 0.409 e. The van der Waals surface area contributed by atoms with Gasteiger partial charge in [-0.15, -0.1) is 0 Å². The quantitative estimate of drug-likeness (QED) is 0.555. The van der Waals surface area contributed by atoms with Crippen molar-refractivity contribution in [3.63, 3.8) is 0 Å². The Kier molecular flexibility index (Phi) is 7.42. The van der Waals surface area contributed by atoms with E-state index in [9.17, 15) is 9.18 Å². The fourth-order valence-electron chi connectivity index (χ4n) is 3.04. The number of likely N-dealkylation sites (tertiary alicyclic amines) is 1. The molecule has 0 aliphatic carbocycles. The number of nitrogens with zero attached hydrogens (tertiary/aromatic N) is 3. The molecule has 0 unspecified atom stereocenters. The molecule has 9 heteroatoms. The summed E-state index contributed by atoms with van der Waals surface area (Å²) in [5, 5.41) is 3.20. The van der Waals surface area contributed by atoms with Gasteiger partial charge in [0.1, 0.15) is 11.6 Å². The van der Waals surface area contributed by atoms with Crippen LogP contribution in [0.5, 0.6) is 11.6 Å². The summed E-state index contributed by atoms with van der Waals surface area (Å²) in [7, 11) is 0. The molecule has 8 nitrogen and oxygen atoms in total. The van der Waals surface area contributed by atoms with E-state index in [-0.39, 0.29) is 18.0 Å². The molecule has 3 N–H and O–H groups in total. The second-order valence-electron chi connectivity index (χ2n) is 6.87. The highest BCUT2D eigenvalue weighted by molar-refractivity contribution is 5.78. The lowest BCUT2D eigenvalue weighted by Crippen LogP contribution is -2.48. The van der Waals surface area contributed by atoms with Crippen LogP contribution in [-0.4, -0.2) is 47.7 Å².